The van der Waals surface area contributed by atoms with Gasteiger partial charge in [-0.2, -0.15) is 0 Å². The van der Waals surface area contributed by atoms with Crippen LogP contribution in [-0.2, 0) is 5.41 Å². The van der Waals surface area contributed by atoms with Crippen molar-refractivity contribution in [2.45, 2.75) is 33.1 Å². The van der Waals surface area contributed by atoms with E-state index in [4.69, 9.17) is 6.57 Å². The number of hydrogen-bond acceptors (Lipinski definition) is 1. The first-order valence-electron chi connectivity index (χ1n) is 4.30. The van der Waals surface area contributed by atoms with Gasteiger partial charge in [-0.3, -0.25) is 0 Å². The van der Waals surface area contributed by atoms with Gasteiger partial charge in [0, 0.05) is 0 Å². The molecule has 0 aliphatic heterocycles. The van der Waals surface area contributed by atoms with Crippen LogP contribution in [-0.4, -0.2) is 4.98 Å². The Labute approximate surface area is 79.4 Å². The molecule has 1 heterocycles. The van der Waals surface area contributed by atoms with E-state index in [9.17, 15) is 0 Å². The minimum Gasteiger partial charge on any atom is -0.360 e. The summed E-state index contributed by atoms with van der Waals surface area (Å²) < 4.78 is 0. The SMILES string of the molecule is [C-]#[N+]c1ncc(C)cc1C(C)(C)C. The number of nitrogens with zero attached hydrogens (tertiary/aromatic N) is 2. The maximum absolute atomic E-state index is 7.00. The summed E-state index contributed by atoms with van der Waals surface area (Å²) in [6.07, 6.45) is 1.74. The number of hydrogen-bond donors (Lipinski definition) is 0. The van der Waals surface area contributed by atoms with Gasteiger partial charge in [0.2, 0.25) is 0 Å². The molecule has 0 spiro atoms. The molecule has 0 atom stereocenters. The van der Waals surface area contributed by atoms with Gasteiger partial charge in [0.05, 0.1) is 0 Å². The normalized spacial score (nSPS) is 11.0. The van der Waals surface area contributed by atoms with E-state index in [0.29, 0.717) is 5.82 Å². The van der Waals surface area contributed by atoms with Crippen molar-refractivity contribution in [1.29, 1.82) is 0 Å². The van der Waals surface area contributed by atoms with Crippen LogP contribution >= 0.6 is 0 Å². The molecule has 13 heavy (non-hydrogen) atoms. The Morgan fingerprint density at radius 3 is 2.46 bits per heavy atom. The molecule has 2 nitrogen and oxygen atoms in total. The molecule has 0 radical (unpaired) electrons. The van der Waals surface area contributed by atoms with Gasteiger partial charge in [-0.25, -0.2) is 0 Å². The lowest BCUT2D eigenvalue weighted by Gasteiger charge is -2.20. The minimum atomic E-state index is -0.00109. The smallest absolute Gasteiger partial charge is 0.273 e. The standard InChI is InChI=1S/C11H14N2/c1-8-6-9(11(2,3)4)10(12-5)13-7-8/h6-7H,1-4H3. The lowest BCUT2D eigenvalue weighted by atomic mass is 9.87. The van der Waals surface area contributed by atoms with Crippen LogP contribution in [0.4, 0.5) is 5.82 Å². The molecule has 2 heteroatoms. The molecule has 0 fully saturated rings. The molecular weight excluding hydrogens is 160 g/mol. The van der Waals surface area contributed by atoms with Crippen LogP contribution in [0.3, 0.4) is 0 Å². The Bertz CT molecular complexity index is 353. The van der Waals surface area contributed by atoms with Crippen molar-refractivity contribution >= 4 is 5.82 Å². The second-order valence-electron chi connectivity index (χ2n) is 4.25. The molecule has 0 saturated carbocycles. The Hall–Kier alpha value is -1.36. The third-order valence-corrected chi connectivity index (χ3v) is 1.92. The summed E-state index contributed by atoms with van der Waals surface area (Å²) in [4.78, 5) is 7.53. The Morgan fingerprint density at radius 1 is 1.38 bits per heavy atom. The fourth-order valence-electron chi connectivity index (χ4n) is 1.20. The van der Waals surface area contributed by atoms with E-state index in [1.807, 2.05) is 13.0 Å². The topological polar surface area (TPSA) is 17.2 Å². The van der Waals surface area contributed by atoms with Crippen molar-refractivity contribution in [2.75, 3.05) is 0 Å². The first-order valence-corrected chi connectivity index (χ1v) is 4.30. The maximum Gasteiger partial charge on any atom is 0.273 e. The number of aryl methyl sites for hydroxylation is 1. The second kappa shape index (κ2) is 3.18. The number of aromatic nitrogens is 1. The molecule has 0 aliphatic rings. The molecule has 1 rings (SSSR count). The van der Waals surface area contributed by atoms with Gasteiger partial charge < -0.3 is 4.85 Å². The van der Waals surface area contributed by atoms with E-state index in [2.05, 4.69) is 30.6 Å². The zero-order valence-electron chi connectivity index (χ0n) is 8.55. The van der Waals surface area contributed by atoms with E-state index >= 15 is 0 Å². The minimum absolute atomic E-state index is 0.00109. The molecule has 0 N–H and O–H groups in total. The molecule has 1 aromatic heterocycles. The lowest BCUT2D eigenvalue weighted by molar-refractivity contribution is 0.590. The fraction of sp³-hybridized carbons (Fsp3) is 0.455. The molecule has 68 valence electrons. The predicted molar refractivity (Wildman–Crippen MR) is 53.9 cm³/mol. The van der Waals surface area contributed by atoms with E-state index < -0.39 is 0 Å². The highest BCUT2D eigenvalue weighted by Gasteiger charge is 2.18. The maximum atomic E-state index is 7.00. The summed E-state index contributed by atoms with van der Waals surface area (Å²) >= 11 is 0. The van der Waals surface area contributed by atoms with Crippen LogP contribution in [0.25, 0.3) is 4.85 Å². The average Bonchev–Trinajstić information content (AvgIpc) is 2.03. The van der Waals surface area contributed by atoms with E-state index in [-0.39, 0.29) is 5.41 Å². The fourth-order valence-corrected chi connectivity index (χ4v) is 1.20. The van der Waals surface area contributed by atoms with Gasteiger partial charge in [0.1, 0.15) is 6.20 Å². The molecule has 0 unspecified atom stereocenters. The summed E-state index contributed by atoms with van der Waals surface area (Å²) in [6, 6.07) is 2.04. The molecule has 0 aromatic carbocycles. The number of rotatable bonds is 0. The lowest BCUT2D eigenvalue weighted by Crippen LogP contribution is -2.11. The van der Waals surface area contributed by atoms with Gasteiger partial charge in [-0.15, -0.1) is 4.98 Å². The summed E-state index contributed by atoms with van der Waals surface area (Å²) in [7, 11) is 0. The van der Waals surface area contributed by atoms with Crippen LogP contribution in [0.1, 0.15) is 31.9 Å². The van der Waals surface area contributed by atoms with Gasteiger partial charge in [-0.05, 0) is 23.5 Å². The van der Waals surface area contributed by atoms with Crippen molar-refractivity contribution in [1.82, 2.24) is 4.98 Å². The van der Waals surface area contributed by atoms with Crippen molar-refractivity contribution in [3.8, 4) is 0 Å². The highest BCUT2D eigenvalue weighted by atomic mass is 14.9. The van der Waals surface area contributed by atoms with Crippen LogP contribution < -0.4 is 0 Å². The number of pyridine rings is 1. The van der Waals surface area contributed by atoms with Crippen molar-refractivity contribution in [3.05, 3.63) is 34.8 Å². The molecule has 0 saturated heterocycles. The van der Waals surface area contributed by atoms with Gasteiger partial charge in [-0.1, -0.05) is 33.4 Å². The molecule has 0 amide bonds. The van der Waals surface area contributed by atoms with Crippen LogP contribution in [0.5, 0.6) is 0 Å². The Morgan fingerprint density at radius 2 is 2.00 bits per heavy atom. The van der Waals surface area contributed by atoms with Gasteiger partial charge >= 0.3 is 0 Å². The first-order chi connectivity index (χ1) is 5.95. The summed E-state index contributed by atoms with van der Waals surface area (Å²) in [5.41, 5.74) is 2.14. The average molecular weight is 174 g/mol. The first kappa shape index (κ1) is 9.73. The van der Waals surface area contributed by atoms with Crippen molar-refractivity contribution in [2.24, 2.45) is 0 Å². The monoisotopic (exact) mass is 174 g/mol. The zero-order valence-corrected chi connectivity index (χ0v) is 8.55. The molecule has 1 aromatic rings. The molecular formula is C11H14N2. The van der Waals surface area contributed by atoms with E-state index in [1.165, 1.54) is 0 Å². The van der Waals surface area contributed by atoms with Crippen LogP contribution in [0, 0.1) is 13.5 Å². The highest BCUT2D eigenvalue weighted by Crippen LogP contribution is 2.30. The van der Waals surface area contributed by atoms with Crippen LogP contribution in [0.2, 0.25) is 0 Å². The summed E-state index contributed by atoms with van der Waals surface area (Å²) in [5, 5.41) is 0. The molecule has 0 bridgehead atoms. The van der Waals surface area contributed by atoms with Gasteiger partial charge in [0.25, 0.3) is 5.82 Å². The Balaban J connectivity index is 3.35. The third kappa shape index (κ3) is 2.06. The van der Waals surface area contributed by atoms with Crippen LogP contribution in [0.15, 0.2) is 12.3 Å². The Kier molecular flexibility index (Phi) is 2.38. The second-order valence-corrected chi connectivity index (χ2v) is 4.25. The van der Waals surface area contributed by atoms with Crippen molar-refractivity contribution < 1.29 is 0 Å². The quantitative estimate of drug-likeness (QED) is 0.552. The summed E-state index contributed by atoms with van der Waals surface area (Å²) in [5.74, 6) is 0.526. The van der Waals surface area contributed by atoms with E-state index in [0.717, 1.165) is 11.1 Å². The van der Waals surface area contributed by atoms with Gasteiger partial charge in [0.15, 0.2) is 0 Å². The third-order valence-electron chi connectivity index (χ3n) is 1.92. The highest BCUT2D eigenvalue weighted by molar-refractivity contribution is 5.49. The molecule has 0 aliphatic carbocycles. The predicted octanol–water partition coefficient (Wildman–Crippen LogP) is 3.24. The largest absolute Gasteiger partial charge is 0.360 e. The summed E-state index contributed by atoms with van der Waals surface area (Å²) in [6.45, 7) is 15.3. The van der Waals surface area contributed by atoms with Crippen molar-refractivity contribution in [3.63, 3.8) is 0 Å². The van der Waals surface area contributed by atoms with E-state index in [1.54, 1.807) is 6.20 Å². The zero-order chi connectivity index (χ0) is 10.1.